The van der Waals surface area contributed by atoms with E-state index in [1.165, 1.54) is 18.4 Å². The average Bonchev–Trinajstić information content (AvgIpc) is 3.32. The van der Waals surface area contributed by atoms with E-state index in [0.717, 1.165) is 56.7 Å². The zero-order valence-electron chi connectivity index (χ0n) is 24.6. The molecule has 218 valence electrons. The highest BCUT2D eigenvalue weighted by Crippen LogP contribution is 2.36. The zero-order chi connectivity index (χ0) is 28.4. The summed E-state index contributed by atoms with van der Waals surface area (Å²) in [5, 5.41) is 6.67. The third-order valence-corrected chi connectivity index (χ3v) is 7.69. The van der Waals surface area contributed by atoms with Crippen molar-refractivity contribution in [3.63, 3.8) is 0 Å². The second-order valence-corrected chi connectivity index (χ2v) is 12.0. The predicted molar refractivity (Wildman–Crippen MR) is 152 cm³/mol. The molecule has 1 aliphatic heterocycles. The van der Waals surface area contributed by atoms with Crippen LogP contribution in [0.25, 0.3) is 0 Å². The van der Waals surface area contributed by atoms with Gasteiger partial charge in [0.2, 0.25) is 5.91 Å². The Morgan fingerprint density at radius 1 is 1.10 bits per heavy atom. The van der Waals surface area contributed by atoms with Crippen LogP contribution in [0.15, 0.2) is 24.3 Å². The molecule has 3 atom stereocenters. The number of carbonyl (C=O) groups excluding carboxylic acids is 3. The molecule has 2 unspecified atom stereocenters. The summed E-state index contributed by atoms with van der Waals surface area (Å²) in [5.74, 6) is -0.237. The Hall–Kier alpha value is -2.45. The van der Waals surface area contributed by atoms with E-state index in [0.29, 0.717) is 6.42 Å². The number of nitrogens with zero attached hydrogens (tertiary/aromatic N) is 1. The number of ether oxygens (including phenoxy) is 2. The maximum atomic E-state index is 13.9. The molecule has 0 radical (unpaired) electrons. The quantitative estimate of drug-likeness (QED) is 0.283. The van der Waals surface area contributed by atoms with Gasteiger partial charge in [-0.25, -0.2) is 0 Å². The normalized spacial score (nSPS) is 19.2. The molecule has 1 aromatic rings. The van der Waals surface area contributed by atoms with Gasteiger partial charge < -0.3 is 19.7 Å². The van der Waals surface area contributed by atoms with Crippen LogP contribution in [0.2, 0.25) is 0 Å². The molecule has 1 heterocycles. The van der Waals surface area contributed by atoms with E-state index in [4.69, 9.17) is 9.47 Å². The van der Waals surface area contributed by atoms with Crippen LogP contribution < -0.4 is 10.6 Å². The van der Waals surface area contributed by atoms with Crippen LogP contribution in [0.3, 0.4) is 0 Å². The molecule has 1 saturated heterocycles. The van der Waals surface area contributed by atoms with Crippen molar-refractivity contribution >= 4 is 17.8 Å². The summed E-state index contributed by atoms with van der Waals surface area (Å²) < 4.78 is 10.9. The number of nitrogens with one attached hydrogen (secondary N) is 2. The highest BCUT2D eigenvalue weighted by molar-refractivity contribution is 5.87. The number of fused-ring (bicyclic) bond motifs is 1. The minimum Gasteiger partial charge on any atom is -0.465 e. The summed E-state index contributed by atoms with van der Waals surface area (Å²) in [6.07, 6.45) is 7.73. The highest BCUT2D eigenvalue weighted by Gasteiger charge is 2.36. The second kappa shape index (κ2) is 14.8. The monoisotopic (exact) mass is 543 g/mol. The Labute approximate surface area is 234 Å². The molecule has 2 N–H and O–H groups in total. The Balaban J connectivity index is 1.68. The second-order valence-electron chi connectivity index (χ2n) is 12.0. The maximum absolute atomic E-state index is 13.9. The number of amides is 1. The summed E-state index contributed by atoms with van der Waals surface area (Å²) in [6.45, 7) is 11.3. The molecule has 8 heteroatoms. The number of carbonyl (C=O) groups is 3. The topological polar surface area (TPSA) is 97.0 Å². The van der Waals surface area contributed by atoms with Crippen molar-refractivity contribution in [3.8, 4) is 0 Å². The lowest BCUT2D eigenvalue weighted by atomic mass is 9.92. The van der Waals surface area contributed by atoms with Gasteiger partial charge >= 0.3 is 11.9 Å². The predicted octanol–water partition coefficient (Wildman–Crippen LogP) is 4.31. The summed E-state index contributed by atoms with van der Waals surface area (Å²) in [6, 6.07) is 6.63. The minimum absolute atomic E-state index is 0.137. The van der Waals surface area contributed by atoms with E-state index >= 15 is 0 Å². The van der Waals surface area contributed by atoms with Crippen LogP contribution in [-0.2, 0) is 30.3 Å². The van der Waals surface area contributed by atoms with Crippen molar-refractivity contribution < 1.29 is 23.9 Å². The van der Waals surface area contributed by atoms with Gasteiger partial charge in [0, 0.05) is 0 Å². The summed E-state index contributed by atoms with van der Waals surface area (Å²) in [5.41, 5.74) is 1.62. The van der Waals surface area contributed by atoms with Gasteiger partial charge in [0.15, 0.2) is 0 Å². The van der Waals surface area contributed by atoms with Gasteiger partial charge in [-0.2, -0.15) is 0 Å². The molecule has 0 saturated carbocycles. The van der Waals surface area contributed by atoms with Crippen molar-refractivity contribution in [2.75, 3.05) is 26.2 Å². The van der Waals surface area contributed by atoms with Gasteiger partial charge in [0.25, 0.3) is 0 Å². The fourth-order valence-electron chi connectivity index (χ4n) is 5.80. The number of esters is 2. The minimum atomic E-state index is -0.668. The van der Waals surface area contributed by atoms with E-state index in [1.807, 2.05) is 39.0 Å². The number of hydrogen-bond donors (Lipinski definition) is 2. The van der Waals surface area contributed by atoms with E-state index in [9.17, 15) is 14.4 Å². The highest BCUT2D eigenvalue weighted by atomic mass is 16.6. The van der Waals surface area contributed by atoms with E-state index in [1.54, 1.807) is 18.7 Å². The number of hydrogen-bond acceptors (Lipinski definition) is 7. The lowest BCUT2D eigenvalue weighted by Crippen LogP contribution is -2.53. The summed E-state index contributed by atoms with van der Waals surface area (Å²) in [7, 11) is 0. The number of unbranched alkanes of at least 4 members (excludes halogenated alkanes) is 1. The van der Waals surface area contributed by atoms with Crippen LogP contribution in [0, 0.1) is 5.92 Å². The molecule has 2 aliphatic rings. The molecule has 0 bridgehead atoms. The molecule has 8 nitrogen and oxygen atoms in total. The van der Waals surface area contributed by atoms with Crippen molar-refractivity contribution in [1.29, 1.82) is 0 Å². The molecule has 3 rings (SSSR count). The molecule has 0 aromatic heterocycles. The molecular formula is C31H49N3O5. The SMILES string of the molecule is CCOC(=O)C(CCCCC1CCNCC1)N[C@@H](C)C(=O)N(CC(=O)OC(C)(C)C)C1CCc2ccccc21. The van der Waals surface area contributed by atoms with E-state index in [2.05, 4.69) is 16.7 Å². The molecule has 1 amide bonds. The van der Waals surface area contributed by atoms with Crippen molar-refractivity contribution in [1.82, 2.24) is 15.5 Å². The largest absolute Gasteiger partial charge is 0.465 e. The summed E-state index contributed by atoms with van der Waals surface area (Å²) >= 11 is 0. The van der Waals surface area contributed by atoms with Crippen molar-refractivity contribution in [2.24, 2.45) is 5.92 Å². The standard InChI is InChI=1S/C31H49N3O5/c1-6-38-30(37)26(14-10-7-11-23-17-19-32-20-18-23)33-22(2)29(36)34(21-28(35)39-31(3,4)5)27-16-15-24-12-8-9-13-25(24)27/h8-9,12-13,22-23,26-27,32-33H,6-7,10-11,14-21H2,1-5H3/t22-,26?,27?/m0/s1. The summed E-state index contributed by atoms with van der Waals surface area (Å²) in [4.78, 5) is 41.2. The Kier molecular flexibility index (Phi) is 11.8. The Morgan fingerprint density at radius 3 is 2.51 bits per heavy atom. The first-order valence-corrected chi connectivity index (χ1v) is 14.8. The molecule has 1 fully saturated rings. The smallest absolute Gasteiger partial charge is 0.326 e. The van der Waals surface area contributed by atoms with E-state index < -0.39 is 23.7 Å². The fraction of sp³-hybridized carbons (Fsp3) is 0.710. The van der Waals surface area contributed by atoms with Gasteiger partial charge in [0.05, 0.1) is 18.7 Å². The molecule has 1 aliphatic carbocycles. The fourth-order valence-corrected chi connectivity index (χ4v) is 5.80. The van der Waals surface area contributed by atoms with Crippen molar-refractivity contribution in [3.05, 3.63) is 35.4 Å². The lowest BCUT2D eigenvalue weighted by molar-refractivity contribution is -0.160. The molecule has 39 heavy (non-hydrogen) atoms. The third kappa shape index (κ3) is 9.60. The van der Waals surface area contributed by atoms with Crippen LogP contribution >= 0.6 is 0 Å². The van der Waals surface area contributed by atoms with Crippen LogP contribution in [-0.4, -0.2) is 66.7 Å². The number of piperidine rings is 1. The zero-order valence-corrected chi connectivity index (χ0v) is 24.6. The number of rotatable bonds is 13. The van der Waals surface area contributed by atoms with Crippen LogP contribution in [0.5, 0.6) is 0 Å². The van der Waals surface area contributed by atoms with Gasteiger partial charge in [0.1, 0.15) is 18.2 Å². The lowest BCUT2D eigenvalue weighted by Gasteiger charge is -2.33. The number of benzene rings is 1. The first-order valence-electron chi connectivity index (χ1n) is 14.8. The number of aryl methyl sites for hydroxylation is 1. The van der Waals surface area contributed by atoms with Gasteiger partial charge in [-0.1, -0.05) is 43.5 Å². The molecular weight excluding hydrogens is 494 g/mol. The average molecular weight is 544 g/mol. The first-order chi connectivity index (χ1) is 18.6. The first kappa shape index (κ1) is 31.1. The van der Waals surface area contributed by atoms with Crippen LogP contribution in [0.4, 0.5) is 0 Å². The van der Waals surface area contributed by atoms with Crippen molar-refractivity contribution in [2.45, 2.75) is 110 Å². The molecule has 1 aromatic carbocycles. The van der Waals surface area contributed by atoms with Gasteiger partial charge in [-0.3, -0.25) is 19.7 Å². The Morgan fingerprint density at radius 2 is 1.82 bits per heavy atom. The van der Waals surface area contributed by atoms with Gasteiger partial charge in [-0.05, 0) is 96.9 Å². The maximum Gasteiger partial charge on any atom is 0.326 e. The Bertz CT molecular complexity index is 954. The third-order valence-electron chi connectivity index (χ3n) is 7.69. The van der Waals surface area contributed by atoms with Crippen LogP contribution in [0.1, 0.15) is 96.7 Å². The van der Waals surface area contributed by atoms with Gasteiger partial charge in [-0.15, -0.1) is 0 Å². The van der Waals surface area contributed by atoms with E-state index in [-0.39, 0.29) is 31.1 Å². The molecule has 0 spiro atoms.